The zero-order chi connectivity index (χ0) is 56.1. The number of nitrogens with zero attached hydrogens (tertiary/aromatic N) is 8. The van der Waals surface area contributed by atoms with E-state index < -0.39 is 18.1 Å². The van der Waals surface area contributed by atoms with E-state index >= 15 is 0 Å². The molecule has 0 saturated carbocycles. The van der Waals surface area contributed by atoms with Crippen molar-refractivity contribution < 1.29 is 29.5 Å². The average Bonchev–Trinajstić information content (AvgIpc) is 4.42. The van der Waals surface area contributed by atoms with E-state index in [0.717, 1.165) is 60.5 Å². The molecule has 11 aromatic rings. The summed E-state index contributed by atoms with van der Waals surface area (Å²) in [4.78, 5) is 38.7. The predicted molar refractivity (Wildman–Crippen MR) is 308 cm³/mol. The molecule has 0 aliphatic heterocycles. The van der Waals surface area contributed by atoms with Crippen LogP contribution in [-0.4, -0.2) is 104 Å². The summed E-state index contributed by atoms with van der Waals surface area (Å²) < 4.78 is 25.9. The Morgan fingerprint density at radius 3 is 1.02 bits per heavy atom. The number of nitrogens with one attached hydrogen (secondary N) is 2. The molecular weight excluding hydrogens is 1080 g/mol. The molecule has 5 heterocycles. The van der Waals surface area contributed by atoms with Crippen molar-refractivity contribution in [2.45, 2.75) is 18.1 Å². The van der Waals surface area contributed by atoms with Crippen molar-refractivity contribution in [3.8, 4) is 56.6 Å². The van der Waals surface area contributed by atoms with E-state index in [9.17, 15) is 29.7 Å². The summed E-state index contributed by atoms with van der Waals surface area (Å²) in [6.45, 7) is -0.579. The number of aromatic amines is 2. The maximum absolute atomic E-state index is 13.0. The fourth-order valence-corrected chi connectivity index (χ4v) is 9.39. The first-order chi connectivity index (χ1) is 39.0. The summed E-state index contributed by atoms with van der Waals surface area (Å²) >= 11 is 3.38. The minimum atomic E-state index is -0.492. The van der Waals surface area contributed by atoms with Gasteiger partial charge in [-0.15, -0.1) is 0 Å². The van der Waals surface area contributed by atoms with Crippen molar-refractivity contribution in [1.82, 2.24) is 47.8 Å². The van der Waals surface area contributed by atoms with Gasteiger partial charge in [-0.1, -0.05) is 76.6 Å². The van der Waals surface area contributed by atoms with E-state index in [1.54, 1.807) is 84.6 Å². The molecule has 0 fully saturated rings. The number of aliphatic hydroxyl groups is 3. The first-order valence-corrected chi connectivity index (χ1v) is 25.9. The minimum Gasteiger partial charge on any atom is -0.497 e. The molecule has 0 aliphatic rings. The van der Waals surface area contributed by atoms with Gasteiger partial charge in [-0.3, -0.25) is 37.6 Å². The lowest BCUT2D eigenvalue weighted by Gasteiger charge is -2.16. The zero-order valence-electron chi connectivity index (χ0n) is 43.7. The van der Waals surface area contributed by atoms with Crippen molar-refractivity contribution in [1.29, 1.82) is 0 Å². The molecule has 3 atom stereocenters. The summed E-state index contributed by atoms with van der Waals surface area (Å²) in [5.74, 6) is 2.04. The zero-order valence-corrected chi connectivity index (χ0v) is 45.3. The van der Waals surface area contributed by atoms with Gasteiger partial charge in [-0.2, -0.15) is 10.2 Å². The molecule has 6 aromatic carbocycles. The van der Waals surface area contributed by atoms with E-state index in [4.69, 9.17) is 14.2 Å². The van der Waals surface area contributed by atoms with Gasteiger partial charge in [0, 0.05) is 65.2 Å². The first kappa shape index (κ1) is 55.3. The van der Waals surface area contributed by atoms with Crippen molar-refractivity contribution in [2.24, 2.45) is 0 Å². The highest BCUT2D eigenvalue weighted by molar-refractivity contribution is 9.10. The van der Waals surface area contributed by atoms with Crippen LogP contribution in [0.3, 0.4) is 0 Å². The Hall–Kier alpha value is -9.47. The van der Waals surface area contributed by atoms with E-state index in [-0.39, 0.29) is 36.9 Å². The summed E-state index contributed by atoms with van der Waals surface area (Å²) in [7, 11) is 4.76. The third-order valence-corrected chi connectivity index (χ3v) is 14.0. The minimum absolute atomic E-state index is 0.183. The molecule has 0 saturated heterocycles. The standard InChI is InChI=1S/2C21H20N4O3.C18H17BrN2O3/c2*1-28-19-4-2-3-16(11-19)20(14-26)25-10-9-24(21(25)27)18-7-5-15(6-8-18)17-12-22-23-13-17;1-24-16-4-2-3-13(11-16)17(12-22)21-10-9-20(18(21)23)15-7-5-14(19)6-8-15/h2*2-13,20,26H,14H2,1H3,(H,22,23);2-11,17,22H,12H2,1H3. The van der Waals surface area contributed by atoms with E-state index in [0.29, 0.717) is 17.2 Å². The van der Waals surface area contributed by atoms with Gasteiger partial charge in [-0.05, 0) is 113 Å². The fourth-order valence-electron chi connectivity index (χ4n) is 9.13. The van der Waals surface area contributed by atoms with Gasteiger partial charge in [0.2, 0.25) is 0 Å². The van der Waals surface area contributed by atoms with E-state index in [1.807, 2.05) is 158 Å². The van der Waals surface area contributed by atoms with Gasteiger partial charge < -0.3 is 29.5 Å². The number of benzene rings is 6. The van der Waals surface area contributed by atoms with Crippen molar-refractivity contribution >= 4 is 15.9 Å². The summed E-state index contributed by atoms with van der Waals surface area (Å²) in [5, 5.41) is 43.1. The molecule has 0 spiro atoms. The highest BCUT2D eigenvalue weighted by Crippen LogP contribution is 2.26. The maximum Gasteiger partial charge on any atom is 0.333 e. The molecule has 3 unspecified atom stereocenters. The average molecular weight is 1140 g/mol. The molecule has 0 radical (unpaired) electrons. The van der Waals surface area contributed by atoms with Gasteiger partial charge in [0.25, 0.3) is 0 Å². The number of halogens is 1. The van der Waals surface area contributed by atoms with Crippen LogP contribution >= 0.6 is 15.9 Å². The SMILES string of the molecule is COc1cccc(C(CO)n2ccn(-c3ccc(-c4cn[nH]c4)cc3)c2=O)c1.COc1cccc(C(CO)n2ccn(-c3ccc(-c4cn[nH]c4)cc3)c2=O)c1.COc1cccc(C(CO)n2ccn(-c3ccc(Br)cc3)c2=O)c1. The smallest absolute Gasteiger partial charge is 0.333 e. The van der Waals surface area contributed by atoms with Crippen molar-refractivity contribution in [2.75, 3.05) is 41.2 Å². The number of aliphatic hydroxyl groups excluding tert-OH is 3. The van der Waals surface area contributed by atoms with Crippen LogP contribution in [-0.2, 0) is 0 Å². The third kappa shape index (κ3) is 12.3. The number of H-pyrrole nitrogens is 2. The van der Waals surface area contributed by atoms with Gasteiger partial charge in [0.05, 0.1) is 88.7 Å². The lowest BCUT2D eigenvalue weighted by atomic mass is 10.1. The predicted octanol–water partition coefficient (Wildman–Crippen LogP) is 8.23. The second-order valence-electron chi connectivity index (χ2n) is 18.0. The van der Waals surface area contributed by atoms with E-state index in [2.05, 4.69) is 36.3 Å². The summed E-state index contributed by atoms with van der Waals surface area (Å²) in [5.41, 5.74) is 8.01. The van der Waals surface area contributed by atoms with Gasteiger partial charge in [-0.25, -0.2) is 14.4 Å². The molecule has 19 nitrogen and oxygen atoms in total. The summed E-state index contributed by atoms with van der Waals surface area (Å²) in [6.07, 6.45) is 17.3. The molecule has 20 heteroatoms. The van der Waals surface area contributed by atoms with Crippen LogP contribution in [0.5, 0.6) is 17.2 Å². The molecule has 408 valence electrons. The molecule has 11 rings (SSSR count). The van der Waals surface area contributed by atoms with Crippen LogP contribution in [0.1, 0.15) is 34.8 Å². The van der Waals surface area contributed by atoms with Crippen LogP contribution in [0.15, 0.2) is 226 Å². The first-order valence-electron chi connectivity index (χ1n) is 25.1. The second kappa shape index (κ2) is 25.8. The molecule has 0 aliphatic carbocycles. The number of methoxy groups -OCH3 is 3. The van der Waals surface area contributed by atoms with Crippen molar-refractivity contribution in [3.63, 3.8) is 0 Å². The Morgan fingerprint density at radius 2 is 0.750 bits per heavy atom. The quantitative estimate of drug-likeness (QED) is 0.0584. The van der Waals surface area contributed by atoms with Crippen LogP contribution in [0, 0.1) is 0 Å². The van der Waals surface area contributed by atoms with Crippen molar-refractivity contribution in [3.05, 3.63) is 260 Å². The van der Waals surface area contributed by atoms with Crippen LogP contribution in [0.2, 0.25) is 0 Å². The molecule has 5 aromatic heterocycles. The van der Waals surface area contributed by atoms with Gasteiger partial charge in [0.1, 0.15) is 17.2 Å². The number of ether oxygens (including phenoxy) is 3. The summed E-state index contributed by atoms with van der Waals surface area (Å²) in [6, 6.07) is 43.4. The number of rotatable bonds is 17. The van der Waals surface area contributed by atoms with E-state index in [1.165, 1.54) is 13.7 Å². The monoisotopic (exact) mass is 1140 g/mol. The Kier molecular flexibility index (Phi) is 17.8. The number of hydrogen-bond donors (Lipinski definition) is 5. The Labute approximate surface area is 467 Å². The van der Waals surface area contributed by atoms with Crippen LogP contribution in [0.25, 0.3) is 39.3 Å². The molecule has 0 amide bonds. The maximum atomic E-state index is 13.0. The fraction of sp³-hybridized carbons (Fsp3) is 0.150. The van der Waals surface area contributed by atoms with Crippen LogP contribution < -0.4 is 31.3 Å². The van der Waals surface area contributed by atoms with Gasteiger partial charge in [0.15, 0.2) is 0 Å². The Balaban J connectivity index is 0.000000146. The number of hydrogen-bond acceptors (Lipinski definition) is 11. The van der Waals surface area contributed by atoms with Gasteiger partial charge >= 0.3 is 17.1 Å². The molecular formula is C60H57BrN10O9. The highest BCUT2D eigenvalue weighted by Gasteiger charge is 2.21. The Bertz CT molecular complexity index is 3740. The lowest BCUT2D eigenvalue weighted by molar-refractivity contribution is 0.246. The Morgan fingerprint density at radius 1 is 0.438 bits per heavy atom. The number of imidazole rings is 3. The largest absolute Gasteiger partial charge is 0.497 e. The second-order valence-corrected chi connectivity index (χ2v) is 19.0. The molecule has 80 heavy (non-hydrogen) atoms. The third-order valence-electron chi connectivity index (χ3n) is 13.4. The normalized spacial score (nSPS) is 12.1. The molecule has 0 bridgehead atoms. The topological polar surface area (TPSA) is 227 Å². The number of aromatic nitrogens is 10. The lowest BCUT2D eigenvalue weighted by Crippen LogP contribution is -2.28. The highest BCUT2D eigenvalue weighted by atomic mass is 79.9. The van der Waals surface area contributed by atoms with Crippen LogP contribution in [0.4, 0.5) is 0 Å². The molecule has 5 N–H and O–H groups in total.